The highest BCUT2D eigenvalue weighted by Gasteiger charge is 2.37. The Morgan fingerprint density at radius 2 is 2.11 bits per heavy atom. The normalized spacial score (nSPS) is 24.6. The predicted molar refractivity (Wildman–Crippen MR) is 74.3 cm³/mol. The quantitative estimate of drug-likeness (QED) is 0.779. The molecule has 0 aromatic heterocycles. The summed E-state index contributed by atoms with van der Waals surface area (Å²) < 4.78 is 5.40. The molecule has 3 heteroatoms. The molecule has 0 spiro atoms. The highest BCUT2D eigenvalue weighted by atomic mass is 16.5. The lowest BCUT2D eigenvalue weighted by Crippen LogP contribution is -2.42. The second-order valence-electron chi connectivity index (χ2n) is 5.13. The van der Waals surface area contributed by atoms with Gasteiger partial charge < -0.3 is 9.64 Å². The molecular formula is C16H19NO2. The summed E-state index contributed by atoms with van der Waals surface area (Å²) in [4.78, 5) is 14.6. The largest absolute Gasteiger partial charge is 0.494 e. The van der Waals surface area contributed by atoms with Crippen LogP contribution in [0.5, 0.6) is 5.75 Å². The van der Waals surface area contributed by atoms with Crippen LogP contribution < -0.4 is 4.74 Å². The maximum atomic E-state index is 12.6. The second kappa shape index (κ2) is 5.08. The summed E-state index contributed by atoms with van der Waals surface area (Å²) in [6, 6.07) is 8.18. The molecule has 0 aliphatic carbocycles. The number of nitrogens with zero attached hydrogens (tertiary/aromatic N) is 1. The number of carbonyl (C=O) groups excluding carboxylic acids is 1. The van der Waals surface area contributed by atoms with Crippen LogP contribution in [0.2, 0.25) is 0 Å². The Hall–Kier alpha value is -1.77. The Balaban J connectivity index is 1.78. The molecular weight excluding hydrogens is 238 g/mol. The van der Waals surface area contributed by atoms with Gasteiger partial charge in [-0.1, -0.05) is 12.2 Å². The molecule has 1 aromatic carbocycles. The Morgan fingerprint density at radius 3 is 2.79 bits per heavy atom. The van der Waals surface area contributed by atoms with E-state index in [0.29, 0.717) is 18.7 Å². The number of fused-ring (bicyclic) bond motifs is 2. The van der Waals surface area contributed by atoms with Crippen molar-refractivity contribution in [1.82, 2.24) is 4.90 Å². The van der Waals surface area contributed by atoms with Gasteiger partial charge in [-0.2, -0.15) is 0 Å². The number of hydrogen-bond donors (Lipinski definition) is 0. The zero-order chi connectivity index (χ0) is 13.2. The van der Waals surface area contributed by atoms with E-state index in [1.807, 2.05) is 31.2 Å². The molecule has 3 nitrogen and oxygen atoms in total. The van der Waals surface area contributed by atoms with Crippen LogP contribution in [0.25, 0.3) is 0 Å². The summed E-state index contributed by atoms with van der Waals surface area (Å²) in [6.07, 6.45) is 7.61. The van der Waals surface area contributed by atoms with Gasteiger partial charge in [-0.25, -0.2) is 0 Å². The average Bonchev–Trinajstić information content (AvgIpc) is 2.68. The minimum absolute atomic E-state index is 0.153. The molecule has 0 radical (unpaired) electrons. The van der Waals surface area contributed by atoms with Crippen molar-refractivity contribution in [2.45, 2.75) is 38.3 Å². The number of ether oxygens (including phenoxy) is 1. The predicted octanol–water partition coefficient (Wildman–Crippen LogP) is 3.02. The second-order valence-corrected chi connectivity index (χ2v) is 5.13. The highest BCUT2D eigenvalue weighted by molar-refractivity contribution is 5.95. The van der Waals surface area contributed by atoms with E-state index in [1.165, 1.54) is 0 Å². The number of amides is 1. The van der Waals surface area contributed by atoms with Crippen molar-refractivity contribution < 1.29 is 9.53 Å². The van der Waals surface area contributed by atoms with Crippen LogP contribution in [-0.2, 0) is 0 Å². The molecule has 2 aliphatic rings. The maximum absolute atomic E-state index is 12.6. The maximum Gasteiger partial charge on any atom is 0.254 e. The van der Waals surface area contributed by atoms with Crippen LogP contribution in [0.1, 0.15) is 36.5 Å². The van der Waals surface area contributed by atoms with Crippen molar-refractivity contribution in [3.63, 3.8) is 0 Å². The van der Waals surface area contributed by atoms with E-state index < -0.39 is 0 Å². The lowest BCUT2D eigenvalue weighted by atomic mass is 10.1. The molecule has 1 fully saturated rings. The SMILES string of the molecule is CCOc1ccc(C(=O)N2C3C=CCC2CC3)cc1. The third-order valence-corrected chi connectivity index (χ3v) is 3.96. The standard InChI is InChI=1S/C16H19NO2/c1-2-19-15-10-6-12(7-11-15)16(18)17-13-4-3-5-14(17)9-8-13/h3-4,6-7,10-11,13-14H,2,5,8-9H2,1H3. The minimum Gasteiger partial charge on any atom is -0.494 e. The molecule has 1 saturated heterocycles. The topological polar surface area (TPSA) is 29.5 Å². The summed E-state index contributed by atoms with van der Waals surface area (Å²) in [5.41, 5.74) is 0.760. The van der Waals surface area contributed by atoms with Crippen LogP contribution in [-0.4, -0.2) is 29.5 Å². The average molecular weight is 257 g/mol. The zero-order valence-electron chi connectivity index (χ0n) is 11.2. The highest BCUT2D eigenvalue weighted by Crippen LogP contribution is 2.32. The zero-order valence-corrected chi connectivity index (χ0v) is 11.2. The van der Waals surface area contributed by atoms with Crippen molar-refractivity contribution in [2.75, 3.05) is 6.61 Å². The van der Waals surface area contributed by atoms with Crippen LogP contribution in [0, 0.1) is 0 Å². The van der Waals surface area contributed by atoms with E-state index in [9.17, 15) is 4.79 Å². The molecule has 1 aromatic rings. The molecule has 2 heterocycles. The molecule has 0 saturated carbocycles. The third kappa shape index (κ3) is 2.25. The van der Waals surface area contributed by atoms with Crippen molar-refractivity contribution in [3.8, 4) is 5.75 Å². The molecule has 2 atom stereocenters. The van der Waals surface area contributed by atoms with Gasteiger partial charge in [0, 0.05) is 11.6 Å². The van der Waals surface area contributed by atoms with E-state index in [0.717, 1.165) is 30.6 Å². The number of carbonyl (C=O) groups is 1. The first kappa shape index (κ1) is 12.3. The van der Waals surface area contributed by atoms with Crippen LogP contribution in [0.4, 0.5) is 0 Å². The summed E-state index contributed by atoms with van der Waals surface area (Å²) in [5.74, 6) is 0.973. The van der Waals surface area contributed by atoms with Crippen molar-refractivity contribution in [3.05, 3.63) is 42.0 Å². The monoisotopic (exact) mass is 257 g/mol. The molecule has 19 heavy (non-hydrogen) atoms. The first-order valence-electron chi connectivity index (χ1n) is 7.02. The Morgan fingerprint density at radius 1 is 1.32 bits per heavy atom. The summed E-state index contributed by atoms with van der Waals surface area (Å²) in [7, 11) is 0. The van der Waals surface area contributed by atoms with Crippen molar-refractivity contribution >= 4 is 5.91 Å². The number of benzene rings is 1. The number of hydrogen-bond acceptors (Lipinski definition) is 2. The lowest BCUT2D eigenvalue weighted by Gasteiger charge is -2.31. The van der Waals surface area contributed by atoms with Crippen LogP contribution in [0.15, 0.2) is 36.4 Å². The van der Waals surface area contributed by atoms with Gasteiger partial charge in [-0.3, -0.25) is 4.79 Å². The first-order valence-corrected chi connectivity index (χ1v) is 7.02. The van der Waals surface area contributed by atoms with E-state index in [4.69, 9.17) is 4.74 Å². The summed E-state index contributed by atoms with van der Waals surface area (Å²) in [6.45, 7) is 2.60. The smallest absolute Gasteiger partial charge is 0.254 e. The fourth-order valence-electron chi connectivity index (χ4n) is 3.05. The Labute approximate surface area is 113 Å². The summed E-state index contributed by atoms with van der Waals surface area (Å²) in [5, 5.41) is 0. The Kier molecular flexibility index (Phi) is 3.28. The molecule has 2 aliphatic heterocycles. The van der Waals surface area contributed by atoms with Gasteiger partial charge in [-0.15, -0.1) is 0 Å². The van der Waals surface area contributed by atoms with Crippen molar-refractivity contribution in [1.29, 1.82) is 0 Å². The van der Waals surface area contributed by atoms with Gasteiger partial charge in [-0.05, 0) is 50.5 Å². The molecule has 3 rings (SSSR count). The van der Waals surface area contributed by atoms with Crippen molar-refractivity contribution in [2.24, 2.45) is 0 Å². The fourth-order valence-corrected chi connectivity index (χ4v) is 3.05. The van der Waals surface area contributed by atoms with Gasteiger partial charge in [0.25, 0.3) is 5.91 Å². The van der Waals surface area contributed by atoms with E-state index in [-0.39, 0.29) is 5.91 Å². The van der Waals surface area contributed by atoms with E-state index >= 15 is 0 Å². The third-order valence-electron chi connectivity index (χ3n) is 3.96. The van der Waals surface area contributed by atoms with Crippen LogP contribution in [0.3, 0.4) is 0 Å². The van der Waals surface area contributed by atoms with Gasteiger partial charge in [0.05, 0.1) is 12.6 Å². The fraction of sp³-hybridized carbons (Fsp3) is 0.438. The summed E-state index contributed by atoms with van der Waals surface area (Å²) >= 11 is 0. The van der Waals surface area contributed by atoms with Gasteiger partial charge in [0.15, 0.2) is 0 Å². The minimum atomic E-state index is 0.153. The molecule has 2 unspecified atom stereocenters. The molecule has 0 N–H and O–H groups in total. The first-order chi connectivity index (χ1) is 9.29. The van der Waals surface area contributed by atoms with E-state index in [1.54, 1.807) is 0 Å². The van der Waals surface area contributed by atoms with Gasteiger partial charge in [0.2, 0.25) is 0 Å². The number of rotatable bonds is 3. The lowest BCUT2D eigenvalue weighted by molar-refractivity contribution is 0.0689. The van der Waals surface area contributed by atoms with E-state index in [2.05, 4.69) is 17.1 Å². The van der Waals surface area contributed by atoms with Gasteiger partial charge in [0.1, 0.15) is 5.75 Å². The van der Waals surface area contributed by atoms with Crippen LogP contribution >= 0.6 is 0 Å². The molecule has 1 amide bonds. The Bertz CT molecular complexity index is 492. The van der Waals surface area contributed by atoms with Gasteiger partial charge >= 0.3 is 0 Å². The molecule has 2 bridgehead atoms. The molecule has 100 valence electrons.